The maximum absolute atomic E-state index is 5.43. The van der Waals surface area contributed by atoms with Crippen LogP contribution in [0.4, 0.5) is 0 Å². The molecule has 2 aromatic heterocycles. The lowest BCUT2D eigenvalue weighted by Crippen LogP contribution is -2.29. The predicted octanol–water partition coefficient (Wildman–Crippen LogP) is -4.79. The molecule has 0 aromatic carbocycles. The van der Waals surface area contributed by atoms with Crippen LogP contribution in [0.3, 0.4) is 0 Å². The number of nitrogens with zero attached hydrogens (tertiary/aromatic N) is 4. The summed E-state index contributed by atoms with van der Waals surface area (Å²) >= 11 is -0.398. The molecule has 0 fully saturated rings. The average molecular weight is 236 g/mol. The van der Waals surface area contributed by atoms with E-state index in [1.54, 1.807) is 0 Å². The topological polar surface area (TPSA) is 77.8 Å². The standard InChI is InChI=1S/2C2N2O.CH3.3Al.4H/c2*1-3-4-2-5-1;;;;;;;;/h;;1H3;;;;;;;. The molecule has 0 aliphatic heterocycles. The molecule has 0 amide bonds. The normalized spacial score (nSPS) is 10.1. The second-order valence-electron chi connectivity index (χ2n) is 2.83. The SMILES string of the molecule is [CH3][AlH][c]1nn[c]([AlH][c]2nn[c]([AlH2])o2)o1. The number of hydrogen-bond acceptors (Lipinski definition) is 6. The molecule has 0 atom stereocenters. The van der Waals surface area contributed by atoms with Crippen LogP contribution in [0.15, 0.2) is 8.83 Å². The van der Waals surface area contributed by atoms with Crippen molar-refractivity contribution in [3.63, 3.8) is 0 Å². The van der Waals surface area contributed by atoms with E-state index in [9.17, 15) is 0 Å². The first-order valence-electron chi connectivity index (χ1n) is 4.38. The third kappa shape index (κ3) is 2.46. The van der Waals surface area contributed by atoms with E-state index in [1.807, 2.05) is 0 Å². The van der Waals surface area contributed by atoms with Crippen LogP contribution in [0.2, 0.25) is 5.79 Å². The van der Waals surface area contributed by atoms with Crippen LogP contribution in [0.25, 0.3) is 0 Å². The molecule has 0 aliphatic carbocycles. The number of hydrogen-bond donors (Lipinski definition) is 0. The van der Waals surface area contributed by atoms with E-state index >= 15 is 0 Å². The van der Waals surface area contributed by atoms with Gasteiger partial charge in [0.25, 0.3) is 0 Å². The summed E-state index contributed by atoms with van der Waals surface area (Å²) in [5, 5.41) is 15.6. The Hall–Kier alpha value is -0.123. The van der Waals surface area contributed by atoms with E-state index < -0.39 is 15.2 Å². The lowest BCUT2D eigenvalue weighted by molar-refractivity contribution is 0.613. The monoisotopic (exact) mass is 236 g/mol. The molecule has 0 N–H and O–H groups in total. The summed E-state index contributed by atoms with van der Waals surface area (Å²) in [7, 11) is 0. The van der Waals surface area contributed by atoms with Crippen LogP contribution in [-0.2, 0) is 0 Å². The van der Waals surface area contributed by atoms with Gasteiger partial charge in [-0.3, -0.25) is 0 Å². The van der Waals surface area contributed by atoms with Crippen molar-refractivity contribution in [3.05, 3.63) is 0 Å². The van der Waals surface area contributed by atoms with Crippen molar-refractivity contribution >= 4 is 65.7 Å². The molecule has 2 rings (SSSR count). The fourth-order valence-corrected chi connectivity index (χ4v) is 3.45. The summed E-state index contributed by atoms with van der Waals surface area (Å²) in [5.74, 6) is 2.11. The summed E-state index contributed by atoms with van der Waals surface area (Å²) in [4.78, 5) is 0. The molecule has 0 saturated heterocycles. The van der Waals surface area contributed by atoms with Crippen molar-refractivity contribution < 1.29 is 8.83 Å². The minimum absolute atomic E-state index is 0.350. The fourth-order valence-electron chi connectivity index (χ4n) is 1.04. The Bertz CT molecular complexity index is 428. The van der Waals surface area contributed by atoms with Crippen LogP contribution in [0, 0.1) is 0 Å². The van der Waals surface area contributed by atoms with E-state index in [0.29, 0.717) is 9.51 Å². The van der Waals surface area contributed by atoms with Gasteiger partial charge in [0, 0.05) is 0 Å². The minimum Gasteiger partial charge on any atom is -0.465 e. The van der Waals surface area contributed by atoms with Gasteiger partial charge in [-0.25, -0.2) is 0 Å². The highest BCUT2D eigenvalue weighted by Crippen LogP contribution is 1.70. The smallest absolute Gasteiger partial charge is 0.465 e. The van der Waals surface area contributed by atoms with Crippen LogP contribution in [-0.4, -0.2) is 67.1 Å². The lowest BCUT2D eigenvalue weighted by Gasteiger charge is -1.84. The molecule has 0 unspecified atom stereocenters. The van der Waals surface area contributed by atoms with Crippen LogP contribution < -0.4 is 19.0 Å². The van der Waals surface area contributed by atoms with Crippen molar-refractivity contribution in [3.8, 4) is 0 Å². The highest BCUT2D eigenvalue weighted by Gasteiger charge is 2.15. The van der Waals surface area contributed by atoms with Crippen molar-refractivity contribution in [2.75, 3.05) is 0 Å². The zero-order valence-electron chi connectivity index (χ0n) is 8.02. The Labute approximate surface area is 100 Å². The summed E-state index contributed by atoms with van der Waals surface area (Å²) in [6.45, 7) is 0. The Balaban J connectivity index is 2.10. The average Bonchev–Trinajstić information content (AvgIpc) is 2.76. The van der Waals surface area contributed by atoms with Gasteiger partial charge in [0.2, 0.25) is 0 Å². The molecule has 2 heterocycles. The molecule has 68 valence electrons. The first-order chi connectivity index (χ1) is 6.78. The summed E-state index contributed by atoms with van der Waals surface area (Å²) in [6.07, 6.45) is 0. The maximum atomic E-state index is 5.43. The summed E-state index contributed by atoms with van der Waals surface area (Å²) in [6, 6.07) is 0. The van der Waals surface area contributed by atoms with Gasteiger partial charge in [-0.1, -0.05) is 0 Å². The highest BCUT2D eigenvalue weighted by molar-refractivity contribution is 6.63. The Morgan fingerprint density at radius 1 is 1.00 bits per heavy atom. The molecular formula is C5H7Al3N4O2. The molecule has 0 radical (unpaired) electrons. The van der Waals surface area contributed by atoms with E-state index in [1.165, 1.54) is 0 Å². The van der Waals surface area contributed by atoms with Gasteiger partial charge < -0.3 is 8.83 Å². The van der Waals surface area contributed by atoms with Crippen molar-refractivity contribution in [2.24, 2.45) is 0 Å². The fraction of sp³-hybridized carbons (Fsp3) is 0.200. The van der Waals surface area contributed by atoms with Crippen LogP contribution >= 0.6 is 0 Å². The van der Waals surface area contributed by atoms with E-state index in [-0.39, 0.29) is 15.2 Å². The third-order valence-corrected chi connectivity index (χ3v) is 4.15. The molecule has 0 aliphatic rings. The first-order valence-corrected chi connectivity index (χ1v) is 8.91. The predicted molar refractivity (Wildman–Crippen MR) is 55.8 cm³/mol. The van der Waals surface area contributed by atoms with E-state index in [4.69, 9.17) is 8.83 Å². The van der Waals surface area contributed by atoms with Gasteiger partial charge in [-0.15, -0.1) is 26.2 Å². The molecule has 6 nitrogen and oxygen atoms in total. The quantitative estimate of drug-likeness (QED) is 0.498. The zero-order valence-corrected chi connectivity index (χ0v) is 12.8. The van der Waals surface area contributed by atoms with Crippen LogP contribution in [0.1, 0.15) is 0 Å². The zero-order chi connectivity index (χ0) is 9.97. The van der Waals surface area contributed by atoms with Gasteiger partial charge in [0.1, 0.15) is 19.0 Å². The minimum atomic E-state index is -0.838. The number of rotatable bonds is 3. The second-order valence-corrected chi connectivity index (χ2v) is 6.57. The molecule has 0 spiro atoms. The van der Waals surface area contributed by atoms with Crippen molar-refractivity contribution in [1.82, 2.24) is 20.4 Å². The van der Waals surface area contributed by atoms with Gasteiger partial charge in [-0.2, -0.15) is 0 Å². The van der Waals surface area contributed by atoms with Crippen molar-refractivity contribution in [1.29, 1.82) is 0 Å². The van der Waals surface area contributed by atoms with Gasteiger partial charge in [0.05, 0.1) is 0 Å². The Kier molecular flexibility index (Phi) is 3.41. The summed E-state index contributed by atoms with van der Waals surface area (Å²) < 4.78 is 13.6. The van der Waals surface area contributed by atoms with E-state index in [0.717, 1.165) is 25.8 Å². The largest absolute Gasteiger partial charge is 0.507 e. The molecule has 2 aromatic rings. The third-order valence-electron chi connectivity index (χ3n) is 1.68. The van der Waals surface area contributed by atoms with Crippen molar-refractivity contribution in [2.45, 2.75) is 5.79 Å². The molecule has 14 heavy (non-hydrogen) atoms. The molecule has 0 saturated carbocycles. The molecule has 9 heteroatoms. The Morgan fingerprint density at radius 2 is 1.64 bits per heavy atom. The lowest BCUT2D eigenvalue weighted by atomic mass is 11.4. The molecular weight excluding hydrogens is 229 g/mol. The second kappa shape index (κ2) is 4.60. The van der Waals surface area contributed by atoms with Gasteiger partial charge in [0.15, 0.2) is 0 Å². The first kappa shape index (κ1) is 10.4. The summed E-state index contributed by atoms with van der Waals surface area (Å²) in [5.41, 5.74) is 0. The van der Waals surface area contributed by atoms with Gasteiger partial charge in [-0.05, 0) is 0 Å². The van der Waals surface area contributed by atoms with E-state index in [2.05, 4.69) is 26.2 Å². The Morgan fingerprint density at radius 3 is 2.21 bits per heavy atom. The van der Waals surface area contributed by atoms with Gasteiger partial charge >= 0.3 is 46.7 Å². The van der Waals surface area contributed by atoms with Crippen LogP contribution in [0.5, 0.6) is 0 Å². The number of aromatic nitrogens is 4. The molecule has 0 bridgehead atoms. The maximum Gasteiger partial charge on any atom is 0.507 e. The highest BCUT2D eigenvalue weighted by atomic mass is 27.1.